The number of hydrogen-bond acceptors (Lipinski definition) is 0. The zero-order chi connectivity index (χ0) is 17.6. The standard InChI is InChI=1S/C26H20/c1-2-6-10-22-14-18-26-20-16-24-12-8-4-3-7-11-23(24)15-19-25(26)17-13-21(22)9-5-1/h1-20H. The Morgan fingerprint density at radius 3 is 0.615 bits per heavy atom. The Morgan fingerprint density at radius 1 is 0.192 bits per heavy atom. The molecular formula is C26H20. The molecule has 0 saturated heterocycles. The van der Waals surface area contributed by atoms with E-state index in [1.54, 1.807) is 0 Å². The molecule has 0 amide bonds. The molecule has 0 spiro atoms. The fourth-order valence-corrected chi connectivity index (χ4v) is 3.10. The molecule has 0 unspecified atom stereocenters. The predicted molar refractivity (Wildman–Crippen MR) is 114 cm³/mol. The van der Waals surface area contributed by atoms with Crippen LogP contribution in [-0.2, 0) is 0 Å². The molecular weight excluding hydrogens is 312 g/mol. The largest absolute Gasteiger partial charge is 0.0622 e. The van der Waals surface area contributed by atoms with Gasteiger partial charge in [0.15, 0.2) is 0 Å². The van der Waals surface area contributed by atoms with Gasteiger partial charge < -0.3 is 0 Å². The van der Waals surface area contributed by atoms with Gasteiger partial charge >= 0.3 is 0 Å². The molecule has 0 radical (unpaired) electrons. The van der Waals surface area contributed by atoms with Crippen LogP contribution in [0, 0.1) is 0 Å². The van der Waals surface area contributed by atoms with Crippen LogP contribution < -0.4 is 0 Å². The van der Waals surface area contributed by atoms with Crippen molar-refractivity contribution in [3.63, 3.8) is 0 Å². The normalized spacial score (nSPS) is 10.3. The Hall–Kier alpha value is -3.38. The lowest BCUT2D eigenvalue weighted by Gasteiger charge is -1.97. The van der Waals surface area contributed by atoms with Crippen molar-refractivity contribution < 1.29 is 0 Å². The Labute approximate surface area is 154 Å². The van der Waals surface area contributed by atoms with E-state index >= 15 is 0 Å². The highest BCUT2D eigenvalue weighted by Crippen LogP contribution is 2.18. The van der Waals surface area contributed by atoms with E-state index in [2.05, 4.69) is 121 Å². The SMILES string of the molecule is c1cccc2ccc3ccc4ccccccc4ccc3ccc2cc1. The lowest BCUT2D eigenvalue weighted by Crippen LogP contribution is -1.71. The lowest BCUT2D eigenvalue weighted by molar-refractivity contribution is 1.75. The zero-order valence-corrected chi connectivity index (χ0v) is 14.5. The van der Waals surface area contributed by atoms with E-state index in [0.717, 1.165) is 0 Å². The van der Waals surface area contributed by atoms with Gasteiger partial charge in [-0.2, -0.15) is 0 Å². The molecule has 4 rings (SSSR count). The van der Waals surface area contributed by atoms with Crippen molar-refractivity contribution in [2.45, 2.75) is 0 Å². The number of rotatable bonds is 0. The van der Waals surface area contributed by atoms with Gasteiger partial charge in [0.1, 0.15) is 0 Å². The molecule has 0 heterocycles. The second-order valence-corrected chi connectivity index (χ2v) is 6.27. The fourth-order valence-electron chi connectivity index (χ4n) is 3.10. The predicted octanol–water partition coefficient (Wildman–Crippen LogP) is 7.40. The van der Waals surface area contributed by atoms with Gasteiger partial charge in [-0.05, 0) is 32.3 Å². The number of hydrogen-bond donors (Lipinski definition) is 0. The first kappa shape index (κ1) is 16.1. The van der Waals surface area contributed by atoms with E-state index in [-0.39, 0.29) is 0 Å². The summed E-state index contributed by atoms with van der Waals surface area (Å²) in [6.07, 6.45) is 0. The summed E-state index contributed by atoms with van der Waals surface area (Å²) in [5.41, 5.74) is 0. The molecule has 0 nitrogen and oxygen atoms in total. The summed E-state index contributed by atoms with van der Waals surface area (Å²) in [5, 5.41) is 7.28. The quantitative estimate of drug-likeness (QED) is 0.315. The Kier molecular flexibility index (Phi) is 4.75. The van der Waals surface area contributed by atoms with E-state index < -0.39 is 0 Å². The van der Waals surface area contributed by atoms with E-state index in [0.29, 0.717) is 0 Å². The first-order valence-electron chi connectivity index (χ1n) is 8.88. The van der Waals surface area contributed by atoms with E-state index in [1.165, 1.54) is 32.3 Å². The molecule has 0 fully saturated rings. The van der Waals surface area contributed by atoms with Crippen LogP contribution in [0.4, 0.5) is 0 Å². The molecule has 0 aliphatic carbocycles. The Bertz CT molecular complexity index is 1000. The summed E-state index contributed by atoms with van der Waals surface area (Å²) in [5.74, 6) is 0. The van der Waals surface area contributed by atoms with Crippen LogP contribution in [-0.4, -0.2) is 0 Å². The molecule has 0 aliphatic rings. The smallest absolute Gasteiger partial charge is 0.0184 e. The van der Waals surface area contributed by atoms with Crippen LogP contribution >= 0.6 is 0 Å². The molecule has 0 atom stereocenters. The molecule has 0 aliphatic heterocycles. The minimum absolute atomic E-state index is 1.21. The average Bonchev–Trinajstić information content (AvgIpc) is 2.59. The Morgan fingerprint density at radius 2 is 0.385 bits per heavy atom. The molecule has 0 N–H and O–H groups in total. The molecule has 124 valence electrons. The maximum atomic E-state index is 2.20. The van der Waals surface area contributed by atoms with Crippen LogP contribution in [0.15, 0.2) is 121 Å². The maximum Gasteiger partial charge on any atom is -0.0184 e. The van der Waals surface area contributed by atoms with Gasteiger partial charge in [-0.3, -0.25) is 0 Å². The third-order valence-corrected chi connectivity index (χ3v) is 4.54. The minimum Gasteiger partial charge on any atom is -0.0622 e. The second kappa shape index (κ2) is 7.67. The van der Waals surface area contributed by atoms with Crippen LogP contribution in [0.2, 0.25) is 0 Å². The van der Waals surface area contributed by atoms with Gasteiger partial charge in [0.2, 0.25) is 0 Å². The van der Waals surface area contributed by atoms with E-state index in [9.17, 15) is 0 Å². The van der Waals surface area contributed by atoms with Gasteiger partial charge in [-0.25, -0.2) is 0 Å². The van der Waals surface area contributed by atoms with Crippen molar-refractivity contribution in [3.8, 4) is 0 Å². The first-order chi connectivity index (χ1) is 12.9. The van der Waals surface area contributed by atoms with Gasteiger partial charge in [0.05, 0.1) is 0 Å². The van der Waals surface area contributed by atoms with E-state index in [1.807, 2.05) is 0 Å². The average molecular weight is 332 g/mol. The topological polar surface area (TPSA) is 0 Å². The number of fused-ring (bicyclic) bond motifs is 3. The summed E-state index contributed by atoms with van der Waals surface area (Å²) < 4.78 is 0. The highest BCUT2D eigenvalue weighted by molar-refractivity contribution is 5.90. The third-order valence-electron chi connectivity index (χ3n) is 4.54. The van der Waals surface area contributed by atoms with Crippen LogP contribution in [0.25, 0.3) is 32.3 Å². The molecule has 0 aromatic heterocycles. The van der Waals surface area contributed by atoms with Crippen LogP contribution in [0.5, 0.6) is 0 Å². The molecule has 4 aromatic carbocycles. The van der Waals surface area contributed by atoms with Crippen molar-refractivity contribution in [3.05, 3.63) is 121 Å². The van der Waals surface area contributed by atoms with Crippen molar-refractivity contribution in [2.24, 2.45) is 0 Å². The van der Waals surface area contributed by atoms with Crippen molar-refractivity contribution in [2.75, 3.05) is 0 Å². The highest BCUT2D eigenvalue weighted by Gasteiger charge is 1.91. The molecule has 4 aromatic rings. The van der Waals surface area contributed by atoms with Crippen molar-refractivity contribution in [1.29, 1.82) is 0 Å². The van der Waals surface area contributed by atoms with Gasteiger partial charge in [0, 0.05) is 0 Å². The lowest BCUT2D eigenvalue weighted by atomic mass is 10.1. The summed E-state index contributed by atoms with van der Waals surface area (Å²) in [4.78, 5) is 0. The monoisotopic (exact) mass is 332 g/mol. The van der Waals surface area contributed by atoms with Crippen molar-refractivity contribution in [1.82, 2.24) is 0 Å². The van der Waals surface area contributed by atoms with Crippen LogP contribution in [0.1, 0.15) is 0 Å². The van der Waals surface area contributed by atoms with Crippen LogP contribution in [0.3, 0.4) is 0 Å². The van der Waals surface area contributed by atoms with Crippen molar-refractivity contribution >= 4 is 32.3 Å². The van der Waals surface area contributed by atoms with Gasteiger partial charge in [0.25, 0.3) is 0 Å². The minimum atomic E-state index is 1.21. The zero-order valence-electron chi connectivity index (χ0n) is 14.5. The summed E-state index contributed by atoms with van der Waals surface area (Å²) in [7, 11) is 0. The maximum absolute atomic E-state index is 2.20. The molecule has 0 saturated carbocycles. The molecule has 0 bridgehead atoms. The molecule has 0 heteroatoms. The van der Waals surface area contributed by atoms with E-state index in [4.69, 9.17) is 0 Å². The third kappa shape index (κ3) is 3.65. The summed E-state index contributed by atoms with van der Waals surface area (Å²) >= 11 is 0. The highest BCUT2D eigenvalue weighted by atomic mass is 14.0. The summed E-state index contributed by atoms with van der Waals surface area (Å²) in [6.45, 7) is 0. The fraction of sp³-hybridized carbons (Fsp3) is 0. The second-order valence-electron chi connectivity index (χ2n) is 6.27. The summed E-state index contributed by atoms with van der Waals surface area (Å²) in [6, 6.07) is 42.7. The molecule has 26 heavy (non-hydrogen) atoms. The van der Waals surface area contributed by atoms with Gasteiger partial charge in [-0.1, -0.05) is 121 Å². The Balaban J connectivity index is 2.08. The first-order valence-corrected chi connectivity index (χ1v) is 8.88. The van der Waals surface area contributed by atoms with Gasteiger partial charge in [-0.15, -0.1) is 0 Å².